The molecule has 2 aromatic rings. The zero-order valence-electron chi connectivity index (χ0n) is 9.51. The van der Waals surface area contributed by atoms with Crippen molar-refractivity contribution >= 4 is 28.8 Å². The molecule has 90 valence electrons. The highest BCUT2D eigenvalue weighted by Crippen LogP contribution is 2.26. The van der Waals surface area contributed by atoms with Crippen LogP contribution in [-0.2, 0) is 0 Å². The number of hydrogen-bond acceptors (Lipinski definition) is 3. The summed E-state index contributed by atoms with van der Waals surface area (Å²) in [6.07, 6.45) is 1.60. The zero-order chi connectivity index (χ0) is 12.4. The van der Waals surface area contributed by atoms with Crippen LogP contribution in [0.15, 0.2) is 34.9 Å². The predicted octanol–water partition coefficient (Wildman–Crippen LogP) is 3.83. The monoisotopic (exact) mass is 269 g/mol. The topological polar surface area (TPSA) is 33.5 Å². The fourth-order valence-electron chi connectivity index (χ4n) is 1.50. The molecule has 0 aromatic carbocycles. The minimum absolute atomic E-state index is 0.0502. The minimum atomic E-state index is -0.0987. The van der Waals surface area contributed by atoms with Crippen molar-refractivity contribution in [3.8, 4) is 0 Å². The van der Waals surface area contributed by atoms with Gasteiger partial charge in [0, 0.05) is 7.05 Å². The van der Waals surface area contributed by atoms with Gasteiger partial charge in [0.05, 0.1) is 21.5 Å². The van der Waals surface area contributed by atoms with Crippen molar-refractivity contribution in [2.45, 2.75) is 13.0 Å². The summed E-state index contributed by atoms with van der Waals surface area (Å²) in [5.41, 5.74) is 0. The lowest BCUT2D eigenvalue weighted by atomic mass is 10.2. The molecule has 0 spiro atoms. The lowest BCUT2D eigenvalue weighted by Crippen LogP contribution is -2.28. The summed E-state index contributed by atoms with van der Waals surface area (Å²) in [5.74, 6) is 0.717. The first-order valence-electron chi connectivity index (χ1n) is 5.15. The quantitative estimate of drug-likeness (QED) is 0.849. The number of rotatable bonds is 3. The van der Waals surface area contributed by atoms with E-state index in [9.17, 15) is 4.79 Å². The summed E-state index contributed by atoms with van der Waals surface area (Å²) in [6.45, 7) is 1.92. The van der Waals surface area contributed by atoms with Crippen molar-refractivity contribution in [1.82, 2.24) is 4.90 Å². The molecule has 3 nitrogen and oxygen atoms in total. The van der Waals surface area contributed by atoms with E-state index in [-0.39, 0.29) is 11.9 Å². The lowest BCUT2D eigenvalue weighted by molar-refractivity contribution is 0.0731. The molecular formula is C12H12ClNO2S. The number of hydrogen-bond donors (Lipinski definition) is 0. The molecule has 0 saturated carbocycles. The average Bonchev–Trinajstić information content (AvgIpc) is 2.96. The number of furan rings is 1. The number of nitrogens with zero attached hydrogens (tertiary/aromatic N) is 1. The molecule has 0 aliphatic rings. The van der Waals surface area contributed by atoms with Gasteiger partial charge in [0.2, 0.25) is 0 Å². The second-order valence-corrected chi connectivity index (χ2v) is 5.43. The van der Waals surface area contributed by atoms with Crippen molar-refractivity contribution in [1.29, 1.82) is 0 Å². The van der Waals surface area contributed by atoms with Crippen LogP contribution in [0.5, 0.6) is 0 Å². The van der Waals surface area contributed by atoms with Crippen molar-refractivity contribution in [3.63, 3.8) is 0 Å². The van der Waals surface area contributed by atoms with Crippen LogP contribution in [0.3, 0.4) is 0 Å². The third-order valence-corrected chi connectivity index (χ3v) is 3.86. The van der Waals surface area contributed by atoms with Crippen LogP contribution in [0.1, 0.15) is 28.4 Å². The van der Waals surface area contributed by atoms with Crippen LogP contribution in [0.4, 0.5) is 0 Å². The first kappa shape index (κ1) is 12.2. The van der Waals surface area contributed by atoms with Crippen molar-refractivity contribution in [2.24, 2.45) is 0 Å². The van der Waals surface area contributed by atoms with Crippen LogP contribution < -0.4 is 0 Å². The van der Waals surface area contributed by atoms with Crippen LogP contribution in [0, 0.1) is 0 Å². The van der Waals surface area contributed by atoms with E-state index in [4.69, 9.17) is 16.0 Å². The molecule has 2 aromatic heterocycles. The summed E-state index contributed by atoms with van der Waals surface area (Å²) in [4.78, 5) is 14.4. The molecule has 5 heteroatoms. The number of amides is 1. The minimum Gasteiger partial charge on any atom is -0.467 e. The molecule has 2 rings (SSSR count). The van der Waals surface area contributed by atoms with E-state index < -0.39 is 0 Å². The van der Waals surface area contributed by atoms with Gasteiger partial charge in [-0.2, -0.15) is 0 Å². The molecule has 0 radical (unpaired) electrons. The second kappa shape index (κ2) is 4.94. The summed E-state index contributed by atoms with van der Waals surface area (Å²) >= 11 is 7.10. The molecule has 0 saturated heterocycles. The van der Waals surface area contributed by atoms with Crippen molar-refractivity contribution in [3.05, 3.63) is 45.5 Å². The first-order chi connectivity index (χ1) is 8.09. The summed E-state index contributed by atoms with van der Waals surface area (Å²) < 4.78 is 5.91. The molecule has 2 heterocycles. The second-order valence-electron chi connectivity index (χ2n) is 3.71. The van der Waals surface area contributed by atoms with E-state index in [0.29, 0.717) is 9.21 Å². The molecule has 0 aliphatic heterocycles. The lowest BCUT2D eigenvalue weighted by Gasteiger charge is -2.22. The molecule has 17 heavy (non-hydrogen) atoms. The Bertz CT molecular complexity index is 506. The SMILES string of the molecule is CC(c1ccco1)N(C)C(=O)c1ccc(Cl)s1. The Labute approximate surface area is 109 Å². The fourth-order valence-corrected chi connectivity index (χ4v) is 2.52. The van der Waals surface area contributed by atoms with Gasteiger partial charge < -0.3 is 9.32 Å². The Kier molecular flexibility index (Phi) is 3.54. The molecule has 0 N–H and O–H groups in total. The Balaban J connectivity index is 2.15. The van der Waals surface area contributed by atoms with Gasteiger partial charge >= 0.3 is 0 Å². The normalized spacial score (nSPS) is 12.4. The van der Waals surface area contributed by atoms with Crippen molar-refractivity contribution < 1.29 is 9.21 Å². The molecule has 0 bridgehead atoms. The average molecular weight is 270 g/mol. The maximum Gasteiger partial charge on any atom is 0.264 e. The largest absolute Gasteiger partial charge is 0.467 e. The van der Waals surface area contributed by atoms with E-state index in [1.165, 1.54) is 11.3 Å². The van der Waals surface area contributed by atoms with E-state index in [1.807, 2.05) is 19.1 Å². The van der Waals surface area contributed by atoms with Gasteiger partial charge in [0.25, 0.3) is 5.91 Å². The smallest absolute Gasteiger partial charge is 0.264 e. The molecule has 1 amide bonds. The highest BCUT2D eigenvalue weighted by atomic mass is 35.5. The van der Waals surface area contributed by atoms with Gasteiger partial charge in [-0.1, -0.05) is 11.6 Å². The van der Waals surface area contributed by atoms with Crippen LogP contribution >= 0.6 is 22.9 Å². The van der Waals surface area contributed by atoms with Crippen LogP contribution in [-0.4, -0.2) is 17.9 Å². The van der Waals surface area contributed by atoms with Gasteiger partial charge in [0.15, 0.2) is 0 Å². The van der Waals surface area contributed by atoms with Gasteiger partial charge in [0.1, 0.15) is 5.76 Å². The number of carbonyl (C=O) groups excluding carboxylic acids is 1. The van der Waals surface area contributed by atoms with Crippen LogP contribution in [0.2, 0.25) is 4.34 Å². The number of carbonyl (C=O) groups is 1. The highest BCUT2D eigenvalue weighted by molar-refractivity contribution is 7.17. The maximum atomic E-state index is 12.1. The molecule has 1 atom stereocenters. The predicted molar refractivity (Wildman–Crippen MR) is 68.5 cm³/mol. The molecular weight excluding hydrogens is 258 g/mol. The maximum absolute atomic E-state index is 12.1. The standard InChI is InChI=1S/C12H12ClNO2S/c1-8(9-4-3-7-16-9)14(2)12(15)10-5-6-11(13)17-10/h3-8H,1-2H3. The number of thiophene rings is 1. The fraction of sp³-hybridized carbons (Fsp3) is 0.250. The Morgan fingerprint density at radius 3 is 2.76 bits per heavy atom. The third-order valence-electron chi connectivity index (χ3n) is 2.64. The Morgan fingerprint density at radius 1 is 1.47 bits per heavy atom. The summed E-state index contributed by atoms with van der Waals surface area (Å²) in [5, 5.41) is 0. The first-order valence-corrected chi connectivity index (χ1v) is 6.35. The Morgan fingerprint density at radius 2 is 2.24 bits per heavy atom. The van der Waals surface area contributed by atoms with Gasteiger partial charge in [-0.05, 0) is 31.2 Å². The van der Waals surface area contributed by atoms with E-state index in [1.54, 1.807) is 30.3 Å². The van der Waals surface area contributed by atoms with E-state index in [2.05, 4.69) is 0 Å². The van der Waals surface area contributed by atoms with Gasteiger partial charge in [-0.15, -0.1) is 11.3 Å². The van der Waals surface area contributed by atoms with Crippen LogP contribution in [0.25, 0.3) is 0 Å². The van der Waals surface area contributed by atoms with E-state index in [0.717, 1.165) is 5.76 Å². The molecule has 1 unspecified atom stereocenters. The van der Waals surface area contributed by atoms with Gasteiger partial charge in [-0.3, -0.25) is 4.79 Å². The number of halogens is 1. The summed E-state index contributed by atoms with van der Waals surface area (Å²) in [6, 6.07) is 7.03. The third kappa shape index (κ3) is 2.53. The Hall–Kier alpha value is -1.26. The van der Waals surface area contributed by atoms with E-state index >= 15 is 0 Å². The van der Waals surface area contributed by atoms with Gasteiger partial charge in [-0.25, -0.2) is 0 Å². The highest BCUT2D eigenvalue weighted by Gasteiger charge is 2.21. The molecule has 0 aliphatic carbocycles. The summed E-state index contributed by atoms with van der Waals surface area (Å²) in [7, 11) is 1.75. The zero-order valence-corrected chi connectivity index (χ0v) is 11.1. The molecule has 0 fully saturated rings. The van der Waals surface area contributed by atoms with Crippen molar-refractivity contribution in [2.75, 3.05) is 7.05 Å².